The lowest BCUT2D eigenvalue weighted by molar-refractivity contribution is -0.122. The van der Waals surface area contributed by atoms with E-state index in [2.05, 4.69) is 0 Å². The summed E-state index contributed by atoms with van der Waals surface area (Å²) in [6.07, 6.45) is 1.70. The van der Waals surface area contributed by atoms with Gasteiger partial charge >= 0.3 is 0 Å². The predicted molar refractivity (Wildman–Crippen MR) is 80.4 cm³/mol. The zero-order valence-electron chi connectivity index (χ0n) is 11.6. The van der Waals surface area contributed by atoms with Gasteiger partial charge in [0.15, 0.2) is 16.6 Å². The van der Waals surface area contributed by atoms with Crippen molar-refractivity contribution in [2.75, 3.05) is 20.7 Å². The highest BCUT2D eigenvalue weighted by Gasteiger charge is 2.34. The van der Waals surface area contributed by atoms with Crippen molar-refractivity contribution < 1.29 is 14.6 Å². The largest absolute Gasteiger partial charge is 0.504 e. The number of hydrogen-bond donors (Lipinski definition) is 1. The van der Waals surface area contributed by atoms with Gasteiger partial charge in [0.2, 0.25) is 0 Å². The highest BCUT2D eigenvalue weighted by atomic mass is 32.1. The lowest BCUT2D eigenvalue weighted by atomic mass is 10.1. The molecule has 2 rings (SSSR count). The van der Waals surface area contributed by atoms with Crippen LogP contribution in [0.2, 0.25) is 0 Å². The third-order valence-electron chi connectivity index (χ3n) is 3.17. The molecule has 1 heterocycles. The number of phenolic OH excluding ortho intramolecular Hbond substituents is 1. The van der Waals surface area contributed by atoms with Crippen LogP contribution in [0, 0.1) is 0 Å². The summed E-state index contributed by atoms with van der Waals surface area (Å²) < 4.78 is 4.99. The third kappa shape index (κ3) is 2.34. The Kier molecular flexibility index (Phi) is 3.94. The molecule has 0 spiro atoms. The molecule has 1 fully saturated rings. The van der Waals surface area contributed by atoms with Crippen LogP contribution in [-0.4, -0.2) is 46.6 Å². The van der Waals surface area contributed by atoms with Gasteiger partial charge in [-0.1, -0.05) is 6.07 Å². The van der Waals surface area contributed by atoms with Gasteiger partial charge in [-0.3, -0.25) is 9.69 Å². The minimum atomic E-state index is -0.129. The summed E-state index contributed by atoms with van der Waals surface area (Å²) in [5.74, 6) is 0.295. The minimum absolute atomic E-state index is 0.0323. The van der Waals surface area contributed by atoms with Crippen LogP contribution in [0.3, 0.4) is 0 Å². The van der Waals surface area contributed by atoms with Crippen molar-refractivity contribution in [2.24, 2.45) is 0 Å². The van der Waals surface area contributed by atoms with Crippen LogP contribution in [0.25, 0.3) is 6.08 Å². The second kappa shape index (κ2) is 5.50. The van der Waals surface area contributed by atoms with Crippen molar-refractivity contribution in [3.63, 3.8) is 0 Å². The number of thiocarbonyl (C=S) groups is 1. The Morgan fingerprint density at radius 1 is 1.45 bits per heavy atom. The number of ether oxygens (including phenoxy) is 1. The van der Waals surface area contributed by atoms with Crippen LogP contribution in [0.1, 0.15) is 12.5 Å². The normalized spacial score (nSPS) is 17.2. The number of nitrogens with zero attached hydrogens (tertiary/aromatic N) is 2. The van der Waals surface area contributed by atoms with Gasteiger partial charge in [-0.25, -0.2) is 0 Å². The SMILES string of the molecule is CCN1C(=O)C(=Cc2ccc(OC)c(O)c2)N(C)C1=S. The number of likely N-dealkylation sites (N-methyl/N-ethyl adjacent to an activating group) is 2. The topological polar surface area (TPSA) is 53.0 Å². The number of carbonyl (C=O) groups excluding carboxylic acids is 1. The van der Waals surface area contributed by atoms with Crippen molar-refractivity contribution in [3.8, 4) is 11.5 Å². The number of benzene rings is 1. The molecule has 1 N–H and O–H groups in total. The second-order valence-electron chi connectivity index (χ2n) is 4.35. The van der Waals surface area contributed by atoms with Gasteiger partial charge in [0.05, 0.1) is 7.11 Å². The fraction of sp³-hybridized carbons (Fsp3) is 0.286. The molecule has 0 aromatic heterocycles. The molecule has 0 aliphatic carbocycles. The zero-order valence-corrected chi connectivity index (χ0v) is 12.4. The smallest absolute Gasteiger partial charge is 0.276 e. The van der Waals surface area contributed by atoms with E-state index in [4.69, 9.17) is 17.0 Å². The highest BCUT2D eigenvalue weighted by Crippen LogP contribution is 2.28. The Bertz CT molecular complexity index is 598. The summed E-state index contributed by atoms with van der Waals surface area (Å²) in [7, 11) is 3.24. The van der Waals surface area contributed by atoms with Crippen LogP contribution < -0.4 is 4.74 Å². The molecule has 106 valence electrons. The van der Waals surface area contributed by atoms with Gasteiger partial charge in [-0.15, -0.1) is 0 Å². The molecule has 0 unspecified atom stereocenters. The first-order valence-electron chi connectivity index (χ1n) is 6.17. The standard InChI is InChI=1S/C14H16N2O3S/c1-4-16-13(18)10(15(2)14(16)20)7-9-5-6-12(19-3)11(17)8-9/h5-8,17H,4H2,1-3H3. The van der Waals surface area contributed by atoms with Gasteiger partial charge in [-0.2, -0.15) is 0 Å². The van der Waals surface area contributed by atoms with E-state index in [-0.39, 0.29) is 11.7 Å². The van der Waals surface area contributed by atoms with Crippen LogP contribution in [-0.2, 0) is 4.79 Å². The fourth-order valence-corrected chi connectivity index (χ4v) is 2.36. The van der Waals surface area contributed by atoms with Gasteiger partial charge in [0.25, 0.3) is 5.91 Å². The van der Waals surface area contributed by atoms with E-state index < -0.39 is 0 Å². The van der Waals surface area contributed by atoms with Gasteiger partial charge < -0.3 is 14.7 Å². The number of hydrogen-bond acceptors (Lipinski definition) is 4. The Morgan fingerprint density at radius 3 is 2.65 bits per heavy atom. The molecule has 1 aromatic carbocycles. The maximum absolute atomic E-state index is 12.2. The summed E-state index contributed by atoms with van der Waals surface area (Å²) in [5, 5.41) is 10.2. The molecule has 5 nitrogen and oxygen atoms in total. The Balaban J connectivity index is 2.38. The summed E-state index contributed by atoms with van der Waals surface area (Å²) in [6, 6.07) is 4.96. The number of amides is 1. The highest BCUT2D eigenvalue weighted by molar-refractivity contribution is 7.80. The average Bonchev–Trinajstić information content (AvgIpc) is 2.63. The first kappa shape index (κ1) is 14.3. The molecule has 0 bridgehead atoms. The molecule has 0 radical (unpaired) electrons. The van der Waals surface area contributed by atoms with Crippen molar-refractivity contribution in [1.29, 1.82) is 0 Å². The molecule has 6 heteroatoms. The monoisotopic (exact) mass is 292 g/mol. The van der Waals surface area contributed by atoms with Crippen LogP contribution in [0.4, 0.5) is 0 Å². The second-order valence-corrected chi connectivity index (χ2v) is 4.72. The Labute approximate surface area is 123 Å². The van der Waals surface area contributed by atoms with Crippen molar-refractivity contribution in [2.45, 2.75) is 6.92 Å². The number of rotatable bonds is 3. The van der Waals surface area contributed by atoms with Crippen molar-refractivity contribution >= 4 is 29.3 Å². The molecule has 1 saturated heterocycles. The maximum Gasteiger partial charge on any atom is 0.276 e. The number of aromatic hydroxyl groups is 1. The lowest BCUT2D eigenvalue weighted by Gasteiger charge is -2.13. The average molecular weight is 292 g/mol. The fourth-order valence-electron chi connectivity index (χ4n) is 2.04. The van der Waals surface area contributed by atoms with E-state index in [0.717, 1.165) is 0 Å². The van der Waals surface area contributed by atoms with E-state index in [0.29, 0.717) is 28.7 Å². The van der Waals surface area contributed by atoms with E-state index in [1.165, 1.54) is 12.0 Å². The van der Waals surface area contributed by atoms with Crippen LogP contribution in [0.5, 0.6) is 11.5 Å². The molecule has 20 heavy (non-hydrogen) atoms. The summed E-state index contributed by atoms with van der Waals surface area (Å²) >= 11 is 5.22. The predicted octanol–water partition coefficient (Wildman–Crippen LogP) is 1.82. The zero-order chi connectivity index (χ0) is 14.9. The van der Waals surface area contributed by atoms with Gasteiger partial charge in [0.1, 0.15) is 5.70 Å². The third-order valence-corrected chi connectivity index (χ3v) is 3.66. The van der Waals surface area contributed by atoms with E-state index in [9.17, 15) is 9.90 Å². The molecule has 1 aliphatic heterocycles. The minimum Gasteiger partial charge on any atom is -0.504 e. The first-order chi connectivity index (χ1) is 9.49. The molecule has 0 atom stereocenters. The molecule has 1 aromatic rings. The molecule has 1 aliphatic rings. The molecular weight excluding hydrogens is 276 g/mol. The summed E-state index contributed by atoms with van der Waals surface area (Å²) in [5.41, 5.74) is 1.20. The van der Waals surface area contributed by atoms with Gasteiger partial charge in [0, 0.05) is 13.6 Å². The van der Waals surface area contributed by atoms with Gasteiger partial charge in [-0.05, 0) is 42.9 Å². The van der Waals surface area contributed by atoms with Crippen molar-refractivity contribution in [1.82, 2.24) is 9.80 Å². The number of carbonyl (C=O) groups is 1. The van der Waals surface area contributed by atoms with E-state index in [1.807, 2.05) is 6.92 Å². The first-order valence-corrected chi connectivity index (χ1v) is 6.58. The number of phenols is 1. The Morgan fingerprint density at radius 2 is 2.15 bits per heavy atom. The Hall–Kier alpha value is -2.08. The maximum atomic E-state index is 12.2. The summed E-state index contributed by atoms with van der Waals surface area (Å²) in [4.78, 5) is 15.4. The summed E-state index contributed by atoms with van der Waals surface area (Å²) in [6.45, 7) is 2.41. The van der Waals surface area contributed by atoms with Crippen LogP contribution >= 0.6 is 12.2 Å². The van der Waals surface area contributed by atoms with E-state index >= 15 is 0 Å². The van der Waals surface area contributed by atoms with E-state index in [1.54, 1.807) is 36.2 Å². The lowest BCUT2D eigenvalue weighted by Crippen LogP contribution is -2.30. The van der Waals surface area contributed by atoms with Crippen LogP contribution in [0.15, 0.2) is 23.9 Å². The molecule has 1 amide bonds. The quantitative estimate of drug-likeness (QED) is 0.680. The molecular formula is C14H16N2O3S. The number of methoxy groups -OCH3 is 1. The van der Waals surface area contributed by atoms with Crippen molar-refractivity contribution in [3.05, 3.63) is 29.5 Å². The molecule has 0 saturated carbocycles.